The Kier molecular flexibility index (Phi) is 6.37. The number of hydrogen-bond acceptors (Lipinski definition) is 6. The van der Waals surface area contributed by atoms with Gasteiger partial charge in [-0.2, -0.15) is 0 Å². The van der Waals surface area contributed by atoms with Crippen molar-refractivity contribution < 1.29 is 14.6 Å². The standard InChI is InChI=1S/C25H21N3O4S/c1-31-20-12-8-17(9-13-20)26-16-22-23(29)27(18-6-4-3-5-7-18)25(33)28(24(22)30)19-10-14-21(32-2)15-11-19/h3-16,30H,1-2H3. The molecule has 0 unspecified atom stereocenters. The Morgan fingerprint density at radius 3 is 1.94 bits per heavy atom. The van der Waals surface area contributed by atoms with Gasteiger partial charge in [-0.05, 0) is 72.9 Å². The predicted octanol–water partition coefficient (Wildman–Crippen LogP) is 4.83. The van der Waals surface area contributed by atoms with Crippen molar-refractivity contribution in [3.8, 4) is 28.8 Å². The van der Waals surface area contributed by atoms with Crippen molar-refractivity contribution in [3.05, 3.63) is 99.6 Å². The first-order valence-electron chi connectivity index (χ1n) is 10.0. The van der Waals surface area contributed by atoms with Gasteiger partial charge in [0.15, 0.2) is 4.77 Å². The lowest BCUT2D eigenvalue weighted by atomic mass is 10.2. The molecule has 1 heterocycles. The van der Waals surface area contributed by atoms with E-state index in [1.165, 1.54) is 15.3 Å². The summed E-state index contributed by atoms with van der Waals surface area (Å²) in [6.07, 6.45) is 1.34. The van der Waals surface area contributed by atoms with Crippen LogP contribution in [-0.4, -0.2) is 34.7 Å². The minimum absolute atomic E-state index is 0.000843. The number of aliphatic imine (C=N–C) groups is 1. The Labute approximate surface area is 195 Å². The quantitative estimate of drug-likeness (QED) is 0.330. The second-order valence-corrected chi connectivity index (χ2v) is 7.35. The van der Waals surface area contributed by atoms with Crippen LogP contribution in [0.3, 0.4) is 0 Å². The fourth-order valence-corrected chi connectivity index (χ4v) is 3.68. The molecule has 0 aliphatic heterocycles. The van der Waals surface area contributed by atoms with Crippen molar-refractivity contribution in [2.75, 3.05) is 14.2 Å². The van der Waals surface area contributed by atoms with Crippen LogP contribution in [0.15, 0.2) is 88.6 Å². The van der Waals surface area contributed by atoms with Gasteiger partial charge in [-0.3, -0.25) is 18.9 Å². The largest absolute Gasteiger partial charge is 0.497 e. The zero-order valence-corrected chi connectivity index (χ0v) is 18.8. The third-order valence-corrected chi connectivity index (χ3v) is 5.39. The SMILES string of the molecule is COc1ccc(N=Cc2c(O)n(-c3ccc(OC)cc3)c(=S)n(-c3ccccc3)c2=O)cc1. The van der Waals surface area contributed by atoms with E-state index in [-0.39, 0.29) is 16.2 Å². The van der Waals surface area contributed by atoms with Crippen molar-refractivity contribution >= 4 is 24.1 Å². The summed E-state index contributed by atoms with van der Waals surface area (Å²) in [5.41, 5.74) is 1.26. The molecule has 0 bridgehead atoms. The number of methoxy groups -OCH3 is 2. The van der Waals surface area contributed by atoms with Crippen molar-refractivity contribution in [2.24, 2.45) is 4.99 Å². The second-order valence-electron chi connectivity index (χ2n) is 6.99. The molecule has 7 nitrogen and oxygen atoms in total. The minimum Gasteiger partial charge on any atom is -0.497 e. The Morgan fingerprint density at radius 2 is 1.36 bits per heavy atom. The molecule has 8 heteroatoms. The molecule has 0 aliphatic rings. The number of hydrogen-bond donors (Lipinski definition) is 1. The van der Waals surface area contributed by atoms with Crippen LogP contribution in [0.2, 0.25) is 0 Å². The predicted molar refractivity (Wildman–Crippen MR) is 131 cm³/mol. The van der Waals surface area contributed by atoms with Crippen molar-refractivity contribution in [2.45, 2.75) is 0 Å². The Morgan fingerprint density at radius 1 is 0.818 bits per heavy atom. The van der Waals surface area contributed by atoms with Gasteiger partial charge >= 0.3 is 0 Å². The highest BCUT2D eigenvalue weighted by atomic mass is 32.1. The number of para-hydroxylation sites is 1. The first-order valence-corrected chi connectivity index (χ1v) is 10.4. The molecule has 4 rings (SSSR count). The van der Waals surface area contributed by atoms with Crippen LogP contribution in [0.4, 0.5) is 5.69 Å². The first kappa shape index (κ1) is 22.0. The Hall–Kier alpha value is -4.17. The number of nitrogens with zero attached hydrogens (tertiary/aromatic N) is 3. The molecule has 0 spiro atoms. The van der Waals surface area contributed by atoms with Gasteiger partial charge in [-0.15, -0.1) is 0 Å². The zero-order valence-electron chi connectivity index (χ0n) is 18.0. The summed E-state index contributed by atoms with van der Waals surface area (Å²) in [6, 6.07) is 23.0. The summed E-state index contributed by atoms with van der Waals surface area (Å²) in [6.45, 7) is 0. The van der Waals surface area contributed by atoms with Crippen LogP contribution < -0.4 is 15.0 Å². The normalized spacial score (nSPS) is 11.0. The van der Waals surface area contributed by atoms with Gasteiger partial charge in [0.25, 0.3) is 5.56 Å². The fourth-order valence-electron chi connectivity index (χ4n) is 3.30. The molecule has 0 amide bonds. The van der Waals surface area contributed by atoms with Crippen LogP contribution in [-0.2, 0) is 0 Å². The van der Waals surface area contributed by atoms with E-state index in [2.05, 4.69) is 4.99 Å². The van der Waals surface area contributed by atoms with Gasteiger partial charge in [-0.1, -0.05) is 18.2 Å². The molecule has 0 fully saturated rings. The summed E-state index contributed by atoms with van der Waals surface area (Å²) in [5, 5.41) is 11.1. The highest BCUT2D eigenvalue weighted by molar-refractivity contribution is 7.71. The third kappa shape index (κ3) is 4.42. The number of aromatic hydroxyl groups is 1. The molecular formula is C25H21N3O4S. The number of benzene rings is 3. The van der Waals surface area contributed by atoms with E-state index >= 15 is 0 Å². The summed E-state index contributed by atoms with van der Waals surface area (Å²) < 4.78 is 13.3. The molecule has 0 radical (unpaired) electrons. The summed E-state index contributed by atoms with van der Waals surface area (Å²) >= 11 is 5.63. The molecule has 33 heavy (non-hydrogen) atoms. The monoisotopic (exact) mass is 459 g/mol. The molecule has 4 aromatic rings. The average Bonchev–Trinajstić information content (AvgIpc) is 2.85. The molecule has 166 valence electrons. The minimum atomic E-state index is -0.481. The van der Waals surface area contributed by atoms with E-state index < -0.39 is 5.56 Å². The topological polar surface area (TPSA) is 78.0 Å². The first-order chi connectivity index (χ1) is 16.0. The molecule has 3 aromatic carbocycles. The summed E-state index contributed by atoms with van der Waals surface area (Å²) in [5.74, 6) is 1.04. The van der Waals surface area contributed by atoms with Gasteiger partial charge in [0.1, 0.15) is 17.1 Å². The lowest BCUT2D eigenvalue weighted by molar-refractivity contribution is 0.414. The highest BCUT2D eigenvalue weighted by Crippen LogP contribution is 2.24. The van der Waals surface area contributed by atoms with Gasteiger partial charge < -0.3 is 14.6 Å². The molecule has 0 atom stereocenters. The molecule has 1 N–H and O–H groups in total. The van der Waals surface area contributed by atoms with Crippen LogP contribution in [0.5, 0.6) is 17.4 Å². The van der Waals surface area contributed by atoms with Crippen LogP contribution in [0.1, 0.15) is 5.56 Å². The van der Waals surface area contributed by atoms with E-state index in [0.717, 1.165) is 0 Å². The lowest BCUT2D eigenvalue weighted by Crippen LogP contribution is -2.27. The van der Waals surface area contributed by atoms with E-state index in [1.54, 1.807) is 74.9 Å². The van der Waals surface area contributed by atoms with E-state index in [0.29, 0.717) is 28.6 Å². The van der Waals surface area contributed by atoms with Crippen LogP contribution in [0, 0.1) is 4.77 Å². The maximum atomic E-state index is 13.4. The smallest absolute Gasteiger partial charge is 0.271 e. The maximum Gasteiger partial charge on any atom is 0.271 e. The van der Waals surface area contributed by atoms with Gasteiger partial charge in [-0.25, -0.2) is 0 Å². The molecule has 1 aromatic heterocycles. The second kappa shape index (κ2) is 9.54. The van der Waals surface area contributed by atoms with Crippen molar-refractivity contribution in [1.82, 2.24) is 9.13 Å². The van der Waals surface area contributed by atoms with E-state index in [4.69, 9.17) is 21.7 Å². The Bertz CT molecular complexity index is 1410. The average molecular weight is 460 g/mol. The van der Waals surface area contributed by atoms with Crippen molar-refractivity contribution in [1.29, 1.82) is 0 Å². The number of aromatic nitrogens is 2. The molecule has 0 aliphatic carbocycles. The highest BCUT2D eigenvalue weighted by Gasteiger charge is 2.18. The van der Waals surface area contributed by atoms with Gasteiger partial charge in [0, 0.05) is 6.21 Å². The number of rotatable bonds is 6. The zero-order chi connectivity index (χ0) is 23.4. The molecular weight excluding hydrogens is 438 g/mol. The van der Waals surface area contributed by atoms with E-state index in [1.807, 2.05) is 18.2 Å². The summed E-state index contributed by atoms with van der Waals surface area (Å²) in [7, 11) is 3.15. The van der Waals surface area contributed by atoms with Crippen LogP contribution in [0.25, 0.3) is 11.4 Å². The molecule has 0 saturated heterocycles. The number of ether oxygens (including phenoxy) is 2. The fraction of sp³-hybridized carbons (Fsp3) is 0.0800. The van der Waals surface area contributed by atoms with E-state index in [9.17, 15) is 9.90 Å². The Balaban J connectivity index is 1.94. The maximum absolute atomic E-state index is 13.4. The molecule has 0 saturated carbocycles. The van der Waals surface area contributed by atoms with Crippen LogP contribution >= 0.6 is 12.2 Å². The third-order valence-electron chi connectivity index (χ3n) is 5.03. The summed E-state index contributed by atoms with van der Waals surface area (Å²) in [4.78, 5) is 17.8. The van der Waals surface area contributed by atoms with Crippen molar-refractivity contribution in [3.63, 3.8) is 0 Å². The lowest BCUT2D eigenvalue weighted by Gasteiger charge is -2.16. The van der Waals surface area contributed by atoms with Gasteiger partial charge in [0.05, 0.1) is 31.3 Å². The van der Waals surface area contributed by atoms with Gasteiger partial charge in [0.2, 0.25) is 5.88 Å².